The first-order valence-electron chi connectivity index (χ1n) is 9.58. The van der Waals surface area contributed by atoms with Crippen LogP contribution in [0.15, 0.2) is 24.3 Å². The maximum absolute atomic E-state index is 13.0. The largest absolute Gasteiger partial charge is 0.381 e. The summed E-state index contributed by atoms with van der Waals surface area (Å²) in [5.41, 5.74) is 0.472. The summed E-state index contributed by atoms with van der Waals surface area (Å²) >= 11 is 0. The molecule has 3 fully saturated rings. The molecule has 2 atom stereocenters. The number of hydrogen-bond donors (Lipinski definition) is 1. The van der Waals surface area contributed by atoms with E-state index in [4.69, 9.17) is 4.74 Å². The Kier molecular flexibility index (Phi) is 4.94. The summed E-state index contributed by atoms with van der Waals surface area (Å²) in [6.07, 6.45) is 5.28. The van der Waals surface area contributed by atoms with Gasteiger partial charge in [-0.15, -0.1) is 0 Å². The van der Waals surface area contributed by atoms with E-state index in [1.165, 1.54) is 24.3 Å². The van der Waals surface area contributed by atoms with Gasteiger partial charge >= 0.3 is 0 Å². The quantitative estimate of drug-likeness (QED) is 0.901. The zero-order valence-electron chi connectivity index (χ0n) is 14.8. The highest BCUT2D eigenvalue weighted by Gasteiger charge is 2.45. The maximum Gasteiger partial charge on any atom is 0.251 e. The van der Waals surface area contributed by atoms with Crippen molar-refractivity contribution < 1.29 is 18.7 Å². The lowest BCUT2D eigenvalue weighted by Gasteiger charge is -2.41. The lowest BCUT2D eigenvalue weighted by molar-refractivity contribution is -0.143. The number of hydrogen-bond acceptors (Lipinski definition) is 3. The molecule has 0 saturated carbocycles. The summed E-state index contributed by atoms with van der Waals surface area (Å²) in [5.74, 6) is -0.139. The molecule has 2 amide bonds. The average molecular weight is 360 g/mol. The second-order valence-corrected chi connectivity index (χ2v) is 7.67. The number of carbonyl (C=O) groups is 2. The number of nitrogens with zero attached hydrogens (tertiary/aromatic N) is 1. The Labute approximate surface area is 152 Å². The van der Waals surface area contributed by atoms with Gasteiger partial charge in [0.15, 0.2) is 0 Å². The molecule has 2 unspecified atom stereocenters. The van der Waals surface area contributed by atoms with Crippen LogP contribution in [0.25, 0.3) is 0 Å². The van der Waals surface area contributed by atoms with Gasteiger partial charge in [0.05, 0.1) is 0 Å². The highest BCUT2D eigenvalue weighted by atomic mass is 19.1. The molecule has 6 heteroatoms. The van der Waals surface area contributed by atoms with Crippen molar-refractivity contribution in [2.75, 3.05) is 13.2 Å². The Morgan fingerprint density at radius 3 is 2.23 bits per heavy atom. The summed E-state index contributed by atoms with van der Waals surface area (Å²) < 4.78 is 18.4. The maximum atomic E-state index is 13.0. The predicted octanol–water partition coefficient (Wildman–Crippen LogP) is 2.50. The summed E-state index contributed by atoms with van der Waals surface area (Å²) in [5, 5.41) is 3.08. The molecule has 1 aromatic carbocycles. The minimum atomic E-state index is -0.348. The Morgan fingerprint density at radius 1 is 1.00 bits per heavy atom. The highest BCUT2D eigenvalue weighted by Crippen LogP contribution is 2.37. The minimum Gasteiger partial charge on any atom is -0.381 e. The molecule has 0 aromatic heterocycles. The second kappa shape index (κ2) is 7.35. The number of piperidine rings is 1. The molecule has 0 radical (unpaired) electrons. The highest BCUT2D eigenvalue weighted by molar-refractivity contribution is 5.94. The van der Waals surface area contributed by atoms with Crippen molar-refractivity contribution in [3.05, 3.63) is 35.6 Å². The van der Waals surface area contributed by atoms with Gasteiger partial charge in [0.25, 0.3) is 5.91 Å². The van der Waals surface area contributed by atoms with Gasteiger partial charge in [0.1, 0.15) is 5.82 Å². The van der Waals surface area contributed by atoms with Crippen molar-refractivity contribution in [3.63, 3.8) is 0 Å². The first kappa shape index (κ1) is 17.5. The molecule has 0 aliphatic carbocycles. The Bertz CT molecular complexity index is 658. The normalized spacial score (nSPS) is 28.8. The number of amides is 2. The van der Waals surface area contributed by atoms with E-state index in [1.54, 1.807) is 0 Å². The monoisotopic (exact) mass is 360 g/mol. The molecular formula is C20H25FN2O3. The fraction of sp³-hybridized carbons (Fsp3) is 0.600. The van der Waals surface area contributed by atoms with Gasteiger partial charge in [-0.1, -0.05) is 0 Å². The third-order valence-electron chi connectivity index (χ3n) is 6.00. The van der Waals surface area contributed by atoms with Crippen molar-refractivity contribution in [1.29, 1.82) is 0 Å². The SMILES string of the molecule is O=C(NC1CC2CCC(C1)N2C(=O)C1CCOCC1)c1ccc(F)cc1. The zero-order chi connectivity index (χ0) is 18.1. The molecule has 1 N–H and O–H groups in total. The van der Waals surface area contributed by atoms with Crippen LogP contribution < -0.4 is 5.32 Å². The molecule has 3 heterocycles. The third-order valence-corrected chi connectivity index (χ3v) is 6.00. The standard InChI is InChI=1S/C20H25FN2O3/c21-15-3-1-13(2-4-15)19(24)22-16-11-17-5-6-18(12-16)23(17)20(25)14-7-9-26-10-8-14/h1-4,14,16-18H,5-12H2,(H,22,24). The van der Waals surface area contributed by atoms with Crippen molar-refractivity contribution in [1.82, 2.24) is 10.2 Å². The van der Waals surface area contributed by atoms with Crippen LogP contribution in [0.3, 0.4) is 0 Å². The van der Waals surface area contributed by atoms with E-state index in [-0.39, 0.29) is 41.7 Å². The van der Waals surface area contributed by atoms with Gasteiger partial charge in [0.2, 0.25) is 5.91 Å². The second-order valence-electron chi connectivity index (χ2n) is 7.67. The molecular weight excluding hydrogens is 335 g/mol. The van der Waals surface area contributed by atoms with Crippen LogP contribution in [0.1, 0.15) is 48.9 Å². The van der Waals surface area contributed by atoms with Gasteiger partial charge in [0, 0.05) is 42.8 Å². The van der Waals surface area contributed by atoms with Crippen molar-refractivity contribution in [2.24, 2.45) is 5.92 Å². The Hall–Kier alpha value is -1.95. The van der Waals surface area contributed by atoms with Gasteiger partial charge < -0.3 is 15.0 Å². The van der Waals surface area contributed by atoms with E-state index in [9.17, 15) is 14.0 Å². The number of rotatable bonds is 3. The van der Waals surface area contributed by atoms with Crippen LogP contribution in [0, 0.1) is 11.7 Å². The van der Waals surface area contributed by atoms with Crippen LogP contribution in [0.4, 0.5) is 4.39 Å². The lowest BCUT2D eigenvalue weighted by Crippen LogP contribution is -2.54. The molecule has 1 aromatic rings. The van der Waals surface area contributed by atoms with E-state index >= 15 is 0 Å². The predicted molar refractivity (Wildman–Crippen MR) is 94.1 cm³/mol. The summed E-state index contributed by atoms with van der Waals surface area (Å²) in [6.45, 7) is 1.35. The molecule has 3 aliphatic rings. The molecule has 4 rings (SSSR count). The van der Waals surface area contributed by atoms with Crippen molar-refractivity contribution in [3.8, 4) is 0 Å². The fourth-order valence-electron chi connectivity index (χ4n) is 4.68. The first-order chi connectivity index (χ1) is 12.6. The van der Waals surface area contributed by atoms with Crippen LogP contribution >= 0.6 is 0 Å². The van der Waals surface area contributed by atoms with E-state index in [0.29, 0.717) is 18.8 Å². The molecule has 3 saturated heterocycles. The number of halogens is 1. The molecule has 140 valence electrons. The summed E-state index contributed by atoms with van der Waals surface area (Å²) in [6, 6.07) is 6.13. The van der Waals surface area contributed by atoms with Gasteiger partial charge in [-0.3, -0.25) is 9.59 Å². The lowest BCUT2D eigenvalue weighted by atomic mass is 9.92. The molecule has 26 heavy (non-hydrogen) atoms. The van der Waals surface area contributed by atoms with E-state index in [2.05, 4.69) is 10.2 Å². The van der Waals surface area contributed by atoms with Crippen molar-refractivity contribution >= 4 is 11.8 Å². The van der Waals surface area contributed by atoms with E-state index < -0.39 is 0 Å². The molecule has 3 aliphatic heterocycles. The number of benzene rings is 1. The minimum absolute atomic E-state index is 0.0730. The van der Waals surface area contributed by atoms with Gasteiger partial charge in [-0.2, -0.15) is 0 Å². The number of carbonyl (C=O) groups excluding carboxylic acids is 2. The number of fused-ring (bicyclic) bond motifs is 2. The average Bonchev–Trinajstić information content (AvgIpc) is 2.93. The Balaban J connectivity index is 1.37. The van der Waals surface area contributed by atoms with Crippen LogP contribution in [-0.4, -0.2) is 48.1 Å². The smallest absolute Gasteiger partial charge is 0.251 e. The third kappa shape index (κ3) is 3.47. The van der Waals surface area contributed by atoms with E-state index in [1.807, 2.05) is 0 Å². The van der Waals surface area contributed by atoms with Crippen LogP contribution in [0.5, 0.6) is 0 Å². The number of ether oxygens (including phenoxy) is 1. The number of nitrogens with one attached hydrogen (secondary N) is 1. The molecule has 5 nitrogen and oxygen atoms in total. The first-order valence-corrected chi connectivity index (χ1v) is 9.58. The zero-order valence-corrected chi connectivity index (χ0v) is 14.8. The molecule has 0 spiro atoms. The summed E-state index contributed by atoms with van der Waals surface area (Å²) in [7, 11) is 0. The van der Waals surface area contributed by atoms with Crippen LogP contribution in [0.2, 0.25) is 0 Å². The van der Waals surface area contributed by atoms with E-state index in [0.717, 1.165) is 38.5 Å². The van der Waals surface area contributed by atoms with Crippen LogP contribution in [-0.2, 0) is 9.53 Å². The topological polar surface area (TPSA) is 58.6 Å². The van der Waals surface area contributed by atoms with Crippen molar-refractivity contribution in [2.45, 2.75) is 56.7 Å². The Morgan fingerprint density at radius 2 is 1.62 bits per heavy atom. The molecule has 2 bridgehead atoms. The summed E-state index contributed by atoms with van der Waals surface area (Å²) in [4.78, 5) is 27.4. The van der Waals surface area contributed by atoms with Gasteiger partial charge in [-0.05, 0) is 62.8 Å². The fourth-order valence-corrected chi connectivity index (χ4v) is 4.68. The van der Waals surface area contributed by atoms with Gasteiger partial charge in [-0.25, -0.2) is 4.39 Å².